The first-order valence-electron chi connectivity index (χ1n) is 10.0. The summed E-state index contributed by atoms with van der Waals surface area (Å²) < 4.78 is 5.61. The topological polar surface area (TPSA) is 93.9 Å². The summed E-state index contributed by atoms with van der Waals surface area (Å²) in [5.41, 5.74) is 10.7. The lowest BCUT2D eigenvalue weighted by atomic mass is 10.0. The van der Waals surface area contributed by atoms with Crippen LogP contribution in [0.2, 0.25) is 0 Å². The summed E-state index contributed by atoms with van der Waals surface area (Å²) in [6, 6.07) is -0.294. The monoisotopic (exact) mass is 341 g/mol. The number of aliphatic imine (C=N–C) groups is 1. The van der Waals surface area contributed by atoms with Gasteiger partial charge in [-0.25, -0.2) is 4.99 Å². The molecule has 0 radical (unpaired) electrons. The number of unbranched alkanes of at least 4 members (excludes halogenated alkanes) is 11. The van der Waals surface area contributed by atoms with E-state index in [4.69, 9.17) is 16.2 Å². The first kappa shape index (κ1) is 21.2. The van der Waals surface area contributed by atoms with Crippen LogP contribution in [-0.2, 0) is 4.74 Å². The zero-order valence-electron chi connectivity index (χ0n) is 15.6. The maximum Gasteiger partial charge on any atom is 0.186 e. The summed E-state index contributed by atoms with van der Waals surface area (Å²) in [7, 11) is 0. The van der Waals surface area contributed by atoms with Crippen LogP contribution >= 0.6 is 0 Å². The van der Waals surface area contributed by atoms with Crippen molar-refractivity contribution in [1.29, 1.82) is 0 Å². The molecule has 0 amide bonds. The zero-order valence-corrected chi connectivity index (χ0v) is 15.6. The molecular weight excluding hydrogens is 302 g/mol. The van der Waals surface area contributed by atoms with E-state index in [1.54, 1.807) is 0 Å². The third-order valence-electron chi connectivity index (χ3n) is 4.91. The highest BCUT2D eigenvalue weighted by molar-refractivity contribution is 5.75. The molecule has 1 fully saturated rings. The van der Waals surface area contributed by atoms with Crippen LogP contribution in [0.1, 0.15) is 90.4 Å². The van der Waals surface area contributed by atoms with Crippen LogP contribution in [0.25, 0.3) is 0 Å². The van der Waals surface area contributed by atoms with Gasteiger partial charge in [-0.1, -0.05) is 84.0 Å². The smallest absolute Gasteiger partial charge is 0.186 e. The van der Waals surface area contributed by atoms with Gasteiger partial charge in [-0.3, -0.25) is 0 Å². The first-order chi connectivity index (χ1) is 11.6. The van der Waals surface area contributed by atoms with Gasteiger partial charge in [0.2, 0.25) is 0 Å². The third-order valence-corrected chi connectivity index (χ3v) is 4.91. The summed E-state index contributed by atoms with van der Waals surface area (Å²) in [5, 5.41) is 10.1. The van der Waals surface area contributed by atoms with Crippen LogP contribution in [0, 0.1) is 0 Å². The maximum atomic E-state index is 10.1. The summed E-state index contributed by atoms with van der Waals surface area (Å²) in [6.45, 7) is 2.68. The van der Waals surface area contributed by atoms with E-state index in [0.29, 0.717) is 6.61 Å². The molecule has 0 aliphatic carbocycles. The Balaban J connectivity index is 1.90. The van der Waals surface area contributed by atoms with Crippen LogP contribution in [0.4, 0.5) is 0 Å². The molecule has 0 unspecified atom stereocenters. The zero-order chi connectivity index (χ0) is 17.6. The fourth-order valence-corrected chi connectivity index (χ4v) is 3.41. The van der Waals surface area contributed by atoms with Gasteiger partial charge in [0.05, 0.1) is 12.7 Å². The van der Waals surface area contributed by atoms with Crippen molar-refractivity contribution in [3.63, 3.8) is 0 Å². The Labute approximate surface area is 148 Å². The van der Waals surface area contributed by atoms with Gasteiger partial charge in [0.1, 0.15) is 12.1 Å². The number of aliphatic hydroxyl groups is 1. The van der Waals surface area contributed by atoms with Crippen LogP contribution in [0.15, 0.2) is 4.99 Å². The fourth-order valence-electron chi connectivity index (χ4n) is 3.41. The largest absolute Gasteiger partial charge is 0.388 e. The fraction of sp³-hybridized carbons (Fsp3) is 0.947. The second kappa shape index (κ2) is 13.5. The van der Waals surface area contributed by atoms with Gasteiger partial charge < -0.3 is 21.3 Å². The van der Waals surface area contributed by atoms with Gasteiger partial charge in [-0.2, -0.15) is 0 Å². The average Bonchev–Trinajstić information content (AvgIpc) is 2.88. The van der Waals surface area contributed by atoms with Crippen LogP contribution in [0.5, 0.6) is 0 Å². The van der Waals surface area contributed by atoms with Crippen molar-refractivity contribution in [2.75, 3.05) is 6.61 Å². The van der Waals surface area contributed by atoms with E-state index in [2.05, 4.69) is 11.9 Å². The molecule has 1 rings (SSSR count). The van der Waals surface area contributed by atoms with Gasteiger partial charge in [-0.05, 0) is 6.42 Å². The Bertz CT molecular complexity index is 333. The number of guanidine groups is 1. The number of nitrogens with zero attached hydrogens (tertiary/aromatic N) is 1. The predicted octanol–water partition coefficient (Wildman–Crippen LogP) is 3.48. The summed E-state index contributed by atoms with van der Waals surface area (Å²) >= 11 is 0. The number of rotatable bonds is 14. The maximum absolute atomic E-state index is 10.1. The highest BCUT2D eigenvalue weighted by Gasteiger charge is 2.35. The Morgan fingerprint density at radius 3 is 1.92 bits per heavy atom. The molecule has 24 heavy (non-hydrogen) atoms. The lowest BCUT2D eigenvalue weighted by Crippen LogP contribution is -2.33. The summed E-state index contributed by atoms with van der Waals surface area (Å²) in [5.74, 6) is 0.0219. The molecule has 0 aromatic heterocycles. The van der Waals surface area contributed by atoms with Crippen molar-refractivity contribution in [2.24, 2.45) is 16.5 Å². The SMILES string of the molecule is CCCCCCCCCCCCCC[C@@H]1OC[C@@H](N=C(N)N)[C@@H]1O. The van der Waals surface area contributed by atoms with Crippen LogP contribution < -0.4 is 11.5 Å². The van der Waals surface area contributed by atoms with Gasteiger partial charge in [0, 0.05) is 0 Å². The molecule has 0 saturated carbocycles. The molecule has 1 aliphatic heterocycles. The lowest BCUT2D eigenvalue weighted by molar-refractivity contribution is 0.0343. The van der Waals surface area contributed by atoms with Gasteiger partial charge in [0.25, 0.3) is 0 Å². The number of nitrogens with two attached hydrogens (primary N) is 2. The predicted molar refractivity (Wildman–Crippen MR) is 101 cm³/mol. The minimum Gasteiger partial charge on any atom is -0.388 e. The molecule has 1 heterocycles. The van der Waals surface area contributed by atoms with Crippen molar-refractivity contribution in [1.82, 2.24) is 0 Å². The second-order valence-corrected chi connectivity index (χ2v) is 7.16. The van der Waals surface area contributed by atoms with Crippen molar-refractivity contribution in [3.8, 4) is 0 Å². The molecule has 5 nitrogen and oxygen atoms in total. The molecule has 0 bridgehead atoms. The molecule has 142 valence electrons. The van der Waals surface area contributed by atoms with Crippen molar-refractivity contribution >= 4 is 5.96 Å². The van der Waals surface area contributed by atoms with Crippen LogP contribution in [0.3, 0.4) is 0 Å². The van der Waals surface area contributed by atoms with E-state index in [9.17, 15) is 5.11 Å². The third kappa shape index (κ3) is 9.48. The minimum absolute atomic E-state index is 0.0219. The van der Waals surface area contributed by atoms with E-state index in [0.717, 1.165) is 12.8 Å². The molecule has 0 spiro atoms. The molecular formula is C19H39N3O2. The molecule has 3 atom stereocenters. The normalized spacial score (nSPS) is 23.5. The van der Waals surface area contributed by atoms with Gasteiger partial charge in [-0.15, -0.1) is 0 Å². The average molecular weight is 342 g/mol. The Kier molecular flexibility index (Phi) is 11.9. The number of hydrogen-bond acceptors (Lipinski definition) is 3. The summed E-state index contributed by atoms with van der Waals surface area (Å²) in [6.07, 6.45) is 16.3. The van der Waals surface area contributed by atoms with Crippen molar-refractivity contribution in [3.05, 3.63) is 0 Å². The molecule has 5 N–H and O–H groups in total. The van der Waals surface area contributed by atoms with E-state index < -0.39 is 6.10 Å². The van der Waals surface area contributed by atoms with E-state index in [-0.39, 0.29) is 18.1 Å². The number of aliphatic hydroxyl groups excluding tert-OH is 1. The lowest BCUT2D eigenvalue weighted by Gasteiger charge is -2.15. The minimum atomic E-state index is -0.570. The Morgan fingerprint density at radius 2 is 1.42 bits per heavy atom. The Hall–Kier alpha value is -0.810. The van der Waals surface area contributed by atoms with E-state index in [1.807, 2.05) is 0 Å². The second-order valence-electron chi connectivity index (χ2n) is 7.16. The molecule has 1 saturated heterocycles. The highest BCUT2D eigenvalue weighted by Crippen LogP contribution is 2.22. The van der Waals surface area contributed by atoms with Crippen molar-refractivity contribution < 1.29 is 9.84 Å². The van der Waals surface area contributed by atoms with Gasteiger partial charge >= 0.3 is 0 Å². The molecule has 5 heteroatoms. The van der Waals surface area contributed by atoms with E-state index >= 15 is 0 Å². The number of hydrogen-bond donors (Lipinski definition) is 3. The first-order valence-corrected chi connectivity index (χ1v) is 10.0. The molecule has 1 aliphatic rings. The van der Waals surface area contributed by atoms with Crippen molar-refractivity contribution in [2.45, 2.75) is 109 Å². The molecule has 0 aromatic carbocycles. The van der Waals surface area contributed by atoms with Crippen LogP contribution in [-0.4, -0.2) is 35.9 Å². The highest BCUT2D eigenvalue weighted by atomic mass is 16.5. The standard InChI is InChI=1S/C19H39N3O2/c1-2-3-4-5-6-7-8-9-10-11-12-13-14-17-18(23)16(15-24-17)22-19(20)21/h16-18,23H,2-15H2,1H3,(H4,20,21,22)/t16-,17+,18+/m1/s1. The summed E-state index contributed by atoms with van der Waals surface area (Å²) in [4.78, 5) is 4.01. The Morgan fingerprint density at radius 1 is 0.917 bits per heavy atom. The quantitative estimate of drug-likeness (QED) is 0.256. The number of ether oxygens (including phenoxy) is 1. The van der Waals surface area contributed by atoms with E-state index in [1.165, 1.54) is 70.6 Å². The molecule has 0 aromatic rings. The van der Waals surface area contributed by atoms with Gasteiger partial charge in [0.15, 0.2) is 5.96 Å².